The van der Waals surface area contributed by atoms with Gasteiger partial charge in [-0.3, -0.25) is 0 Å². The Morgan fingerprint density at radius 3 is 2.04 bits per heavy atom. The van der Waals surface area contributed by atoms with E-state index in [4.69, 9.17) is 42.1 Å². The normalized spacial score (nSPS) is 18.8. The van der Waals surface area contributed by atoms with Gasteiger partial charge in [-0.1, -0.05) is 41.4 Å². The Labute approximate surface area is 152 Å². The van der Waals surface area contributed by atoms with Crippen LogP contribution in [-0.2, 0) is 18.9 Å². The van der Waals surface area contributed by atoms with Crippen LogP contribution in [0.15, 0.2) is 48.1 Å². The second-order valence-corrected chi connectivity index (χ2v) is 5.96. The highest BCUT2D eigenvalue weighted by molar-refractivity contribution is 6.42. The predicted molar refractivity (Wildman–Crippen MR) is 96.2 cm³/mol. The van der Waals surface area contributed by atoms with E-state index < -0.39 is 11.6 Å². The van der Waals surface area contributed by atoms with E-state index in [1.165, 1.54) is 0 Å². The molecule has 2 rings (SSSR count). The Bertz CT molecular complexity index is 672. The van der Waals surface area contributed by atoms with Crippen LogP contribution in [0, 0.1) is 0 Å². The number of hydrogen-bond donors (Lipinski definition) is 0. The zero-order chi connectivity index (χ0) is 17.8. The highest BCUT2D eigenvalue weighted by atomic mass is 35.5. The maximum Gasteiger partial charge on any atom is 0.214 e. The van der Waals surface area contributed by atoms with Crippen molar-refractivity contribution >= 4 is 29.3 Å². The molecule has 0 fully saturated rings. The average Bonchev–Trinajstić information content (AvgIpc) is 2.62. The summed E-state index contributed by atoms with van der Waals surface area (Å²) >= 11 is 12.0. The van der Waals surface area contributed by atoms with Crippen LogP contribution in [0.3, 0.4) is 0 Å². The van der Waals surface area contributed by atoms with Crippen LogP contribution in [0.4, 0.5) is 0 Å². The SMILES string of the molecule is COC1(OC)C=CC(OC)(OC)C(/C=C/c2ccc(Cl)c(Cl)c2)=C1. The third-order valence-corrected chi connectivity index (χ3v) is 4.68. The first-order valence-corrected chi connectivity index (χ1v) is 7.97. The maximum atomic E-state index is 6.06. The lowest BCUT2D eigenvalue weighted by Gasteiger charge is -2.37. The zero-order valence-corrected chi connectivity index (χ0v) is 15.5. The minimum atomic E-state index is -1.02. The first-order chi connectivity index (χ1) is 11.4. The number of hydrogen-bond acceptors (Lipinski definition) is 4. The van der Waals surface area contributed by atoms with Crippen molar-refractivity contribution in [2.24, 2.45) is 0 Å². The van der Waals surface area contributed by atoms with Crippen molar-refractivity contribution in [3.8, 4) is 0 Å². The summed E-state index contributed by atoms with van der Waals surface area (Å²) in [4.78, 5) is 0. The Morgan fingerprint density at radius 1 is 0.833 bits per heavy atom. The van der Waals surface area contributed by atoms with Gasteiger partial charge in [0.05, 0.1) is 10.0 Å². The van der Waals surface area contributed by atoms with E-state index in [0.29, 0.717) is 10.0 Å². The molecule has 1 aromatic rings. The summed E-state index contributed by atoms with van der Waals surface area (Å²) in [7, 11) is 6.27. The van der Waals surface area contributed by atoms with Crippen LogP contribution in [0.5, 0.6) is 0 Å². The van der Waals surface area contributed by atoms with Crippen LogP contribution in [0.1, 0.15) is 5.56 Å². The molecule has 0 amide bonds. The van der Waals surface area contributed by atoms with Crippen molar-refractivity contribution in [3.05, 3.63) is 63.7 Å². The largest absolute Gasteiger partial charge is 0.346 e. The van der Waals surface area contributed by atoms with Crippen LogP contribution in [-0.4, -0.2) is 40.0 Å². The molecule has 4 nitrogen and oxygen atoms in total. The summed E-state index contributed by atoms with van der Waals surface area (Å²) in [5.41, 5.74) is 1.62. The first-order valence-electron chi connectivity index (χ1n) is 7.21. The second-order valence-electron chi connectivity index (χ2n) is 5.15. The van der Waals surface area contributed by atoms with Crippen LogP contribution < -0.4 is 0 Å². The van der Waals surface area contributed by atoms with Crippen molar-refractivity contribution in [2.45, 2.75) is 11.6 Å². The molecule has 24 heavy (non-hydrogen) atoms. The third kappa shape index (κ3) is 3.75. The molecule has 1 aliphatic carbocycles. The fraction of sp³-hybridized carbons (Fsp3) is 0.333. The Balaban J connectivity index is 2.42. The second kappa shape index (κ2) is 7.83. The van der Waals surface area contributed by atoms with Gasteiger partial charge in [0, 0.05) is 34.0 Å². The third-order valence-electron chi connectivity index (χ3n) is 3.94. The zero-order valence-electron chi connectivity index (χ0n) is 14.0. The molecular formula is C18H20Cl2O4. The topological polar surface area (TPSA) is 36.9 Å². The van der Waals surface area contributed by atoms with Gasteiger partial charge in [0.25, 0.3) is 0 Å². The lowest BCUT2D eigenvalue weighted by atomic mass is 9.94. The molecule has 0 atom stereocenters. The van der Waals surface area contributed by atoms with Gasteiger partial charge in [-0.2, -0.15) is 0 Å². The van der Waals surface area contributed by atoms with Gasteiger partial charge in [-0.15, -0.1) is 0 Å². The molecule has 130 valence electrons. The van der Waals surface area contributed by atoms with E-state index in [1.54, 1.807) is 58.8 Å². The fourth-order valence-electron chi connectivity index (χ4n) is 2.45. The van der Waals surface area contributed by atoms with Crippen LogP contribution in [0.2, 0.25) is 10.0 Å². The molecule has 0 N–H and O–H groups in total. The van der Waals surface area contributed by atoms with E-state index in [0.717, 1.165) is 11.1 Å². The number of methoxy groups -OCH3 is 4. The van der Waals surface area contributed by atoms with Gasteiger partial charge in [0.2, 0.25) is 11.6 Å². The van der Waals surface area contributed by atoms with Gasteiger partial charge in [-0.25, -0.2) is 0 Å². The summed E-state index contributed by atoms with van der Waals surface area (Å²) in [5, 5.41) is 0.999. The molecule has 0 spiro atoms. The van der Waals surface area contributed by atoms with Crippen molar-refractivity contribution in [1.82, 2.24) is 0 Å². The molecule has 0 radical (unpaired) electrons. The summed E-state index contributed by atoms with van der Waals surface area (Å²) in [5.74, 6) is -1.99. The van der Waals surface area contributed by atoms with Gasteiger partial charge in [0.15, 0.2) is 0 Å². The molecule has 1 aliphatic rings. The molecule has 6 heteroatoms. The molecule has 0 heterocycles. The minimum Gasteiger partial charge on any atom is -0.346 e. The number of halogens is 2. The van der Waals surface area contributed by atoms with Crippen molar-refractivity contribution in [1.29, 1.82) is 0 Å². The van der Waals surface area contributed by atoms with Gasteiger partial charge < -0.3 is 18.9 Å². The Kier molecular flexibility index (Phi) is 6.26. The highest BCUT2D eigenvalue weighted by Crippen LogP contribution is 2.35. The Morgan fingerprint density at radius 2 is 1.50 bits per heavy atom. The highest BCUT2D eigenvalue weighted by Gasteiger charge is 2.39. The van der Waals surface area contributed by atoms with E-state index in [1.807, 2.05) is 18.2 Å². The molecule has 1 aromatic carbocycles. The van der Waals surface area contributed by atoms with E-state index in [2.05, 4.69) is 0 Å². The van der Waals surface area contributed by atoms with Crippen molar-refractivity contribution in [2.75, 3.05) is 28.4 Å². The molecule has 0 saturated heterocycles. The fourth-order valence-corrected chi connectivity index (χ4v) is 2.75. The smallest absolute Gasteiger partial charge is 0.214 e. The first kappa shape index (κ1) is 19.2. The minimum absolute atomic E-state index is 0.490. The molecule has 0 bridgehead atoms. The molecule has 0 saturated carbocycles. The number of benzene rings is 1. The quantitative estimate of drug-likeness (QED) is 0.546. The maximum absolute atomic E-state index is 6.06. The van der Waals surface area contributed by atoms with E-state index >= 15 is 0 Å². The molecule has 0 unspecified atom stereocenters. The van der Waals surface area contributed by atoms with Gasteiger partial charge in [0.1, 0.15) is 0 Å². The molecule has 0 aliphatic heterocycles. The lowest BCUT2D eigenvalue weighted by Crippen LogP contribution is -2.41. The number of rotatable bonds is 6. The van der Waals surface area contributed by atoms with E-state index in [-0.39, 0.29) is 0 Å². The van der Waals surface area contributed by atoms with Crippen molar-refractivity contribution < 1.29 is 18.9 Å². The van der Waals surface area contributed by atoms with Gasteiger partial charge >= 0.3 is 0 Å². The summed E-state index contributed by atoms with van der Waals surface area (Å²) in [6, 6.07) is 5.39. The van der Waals surface area contributed by atoms with Gasteiger partial charge in [-0.05, 0) is 35.9 Å². The predicted octanol–water partition coefficient (Wildman–Crippen LogP) is 4.48. The Hall–Kier alpha value is -1.14. The summed E-state index contributed by atoms with van der Waals surface area (Å²) < 4.78 is 22.1. The number of ether oxygens (including phenoxy) is 4. The average molecular weight is 371 g/mol. The van der Waals surface area contributed by atoms with Crippen molar-refractivity contribution in [3.63, 3.8) is 0 Å². The lowest BCUT2D eigenvalue weighted by molar-refractivity contribution is -0.164. The summed E-state index contributed by atoms with van der Waals surface area (Å²) in [6.45, 7) is 0. The monoisotopic (exact) mass is 370 g/mol. The summed E-state index contributed by atoms with van der Waals surface area (Å²) in [6.07, 6.45) is 9.05. The van der Waals surface area contributed by atoms with E-state index in [9.17, 15) is 0 Å². The standard InChI is InChI=1S/C18H20Cl2O4/c1-21-17(22-2)9-10-18(23-3,24-4)14(12-17)7-5-13-6-8-15(19)16(20)11-13/h5-12H,1-4H3/b7-5+. The van der Waals surface area contributed by atoms with Crippen LogP contribution in [0.25, 0.3) is 6.08 Å². The molecule has 0 aromatic heterocycles. The molecular weight excluding hydrogens is 351 g/mol. The van der Waals surface area contributed by atoms with Crippen LogP contribution >= 0.6 is 23.2 Å².